The SMILES string of the molecule is N=CN(N)c1cc([N+](=O)[O-])cc(F)c1C1CC1. The van der Waals surface area contributed by atoms with Crippen LogP contribution in [0.5, 0.6) is 0 Å². The first kappa shape index (κ1) is 11.5. The van der Waals surface area contributed by atoms with Crippen molar-refractivity contribution in [2.75, 3.05) is 5.01 Å². The minimum atomic E-state index is -0.680. The summed E-state index contributed by atoms with van der Waals surface area (Å²) in [4.78, 5) is 9.96. The quantitative estimate of drug-likeness (QED) is 0.275. The van der Waals surface area contributed by atoms with Gasteiger partial charge in [-0.25, -0.2) is 10.2 Å². The third-order valence-electron chi connectivity index (χ3n) is 2.71. The number of hydrogen-bond acceptors (Lipinski definition) is 4. The summed E-state index contributed by atoms with van der Waals surface area (Å²) >= 11 is 0. The maximum atomic E-state index is 13.8. The van der Waals surface area contributed by atoms with Gasteiger partial charge in [-0.15, -0.1) is 0 Å². The Kier molecular flexibility index (Phi) is 2.76. The van der Waals surface area contributed by atoms with E-state index in [-0.39, 0.29) is 17.3 Å². The van der Waals surface area contributed by atoms with E-state index < -0.39 is 10.7 Å². The minimum Gasteiger partial charge on any atom is -0.290 e. The van der Waals surface area contributed by atoms with Crippen LogP contribution < -0.4 is 10.9 Å². The number of benzene rings is 1. The van der Waals surface area contributed by atoms with Crippen molar-refractivity contribution in [3.63, 3.8) is 0 Å². The molecule has 1 saturated carbocycles. The van der Waals surface area contributed by atoms with Crippen molar-refractivity contribution in [3.8, 4) is 0 Å². The molecule has 6 nitrogen and oxygen atoms in total. The summed E-state index contributed by atoms with van der Waals surface area (Å²) in [5, 5.41) is 18.6. The van der Waals surface area contributed by atoms with Crippen LogP contribution in [0.2, 0.25) is 0 Å². The molecule has 90 valence electrons. The number of halogens is 1. The zero-order valence-corrected chi connectivity index (χ0v) is 8.89. The van der Waals surface area contributed by atoms with Crippen molar-refractivity contribution in [3.05, 3.63) is 33.6 Å². The van der Waals surface area contributed by atoms with Gasteiger partial charge >= 0.3 is 0 Å². The van der Waals surface area contributed by atoms with Gasteiger partial charge in [0.05, 0.1) is 16.7 Å². The first-order chi connectivity index (χ1) is 8.04. The highest BCUT2D eigenvalue weighted by molar-refractivity contribution is 5.79. The Morgan fingerprint density at radius 1 is 1.59 bits per heavy atom. The van der Waals surface area contributed by atoms with Gasteiger partial charge in [-0.05, 0) is 18.8 Å². The van der Waals surface area contributed by atoms with Gasteiger partial charge in [0.15, 0.2) is 0 Å². The van der Waals surface area contributed by atoms with Crippen molar-refractivity contribution in [1.29, 1.82) is 5.41 Å². The van der Waals surface area contributed by atoms with Crippen molar-refractivity contribution < 1.29 is 9.31 Å². The minimum absolute atomic E-state index is 0.0526. The lowest BCUT2D eigenvalue weighted by molar-refractivity contribution is -0.385. The highest BCUT2D eigenvalue weighted by atomic mass is 19.1. The van der Waals surface area contributed by atoms with Crippen LogP contribution in [-0.4, -0.2) is 11.3 Å². The molecule has 0 bridgehead atoms. The Labute approximate surface area is 96.5 Å². The number of anilines is 1. The Hall–Kier alpha value is -2.02. The Balaban J connectivity index is 2.57. The fraction of sp³-hybridized carbons (Fsp3) is 0.300. The van der Waals surface area contributed by atoms with E-state index in [1.807, 2.05) is 0 Å². The summed E-state index contributed by atoms with van der Waals surface area (Å²) in [7, 11) is 0. The summed E-state index contributed by atoms with van der Waals surface area (Å²) < 4.78 is 13.8. The molecule has 0 saturated heterocycles. The number of nitrogens with zero attached hydrogens (tertiary/aromatic N) is 2. The second-order valence-corrected chi connectivity index (χ2v) is 3.93. The first-order valence-corrected chi connectivity index (χ1v) is 5.07. The van der Waals surface area contributed by atoms with E-state index >= 15 is 0 Å². The fourth-order valence-electron chi connectivity index (χ4n) is 1.75. The summed E-state index contributed by atoms with van der Waals surface area (Å²) in [6.07, 6.45) is 2.48. The summed E-state index contributed by atoms with van der Waals surface area (Å²) in [5.41, 5.74) is 0.190. The largest absolute Gasteiger partial charge is 0.290 e. The van der Waals surface area contributed by atoms with Crippen molar-refractivity contribution in [2.24, 2.45) is 5.84 Å². The maximum Gasteiger partial charge on any atom is 0.274 e. The number of hydrogen-bond donors (Lipinski definition) is 2. The lowest BCUT2D eigenvalue weighted by atomic mass is 10.1. The molecule has 1 aliphatic rings. The molecule has 3 N–H and O–H groups in total. The summed E-state index contributed by atoms with van der Waals surface area (Å²) in [6, 6.07) is 2.09. The molecule has 0 aliphatic heterocycles. The summed E-state index contributed by atoms with van der Waals surface area (Å²) in [5.74, 6) is 4.92. The van der Waals surface area contributed by atoms with Crippen LogP contribution in [0.3, 0.4) is 0 Å². The van der Waals surface area contributed by atoms with E-state index in [0.29, 0.717) is 5.56 Å². The normalized spacial score (nSPS) is 14.5. The van der Waals surface area contributed by atoms with Gasteiger partial charge < -0.3 is 0 Å². The smallest absolute Gasteiger partial charge is 0.274 e. The van der Waals surface area contributed by atoms with Gasteiger partial charge in [0.25, 0.3) is 5.69 Å². The Bertz CT molecular complexity index is 487. The average Bonchev–Trinajstić information content (AvgIpc) is 3.10. The molecule has 0 spiro atoms. The van der Waals surface area contributed by atoms with Crippen LogP contribution in [0.25, 0.3) is 0 Å². The third-order valence-corrected chi connectivity index (χ3v) is 2.71. The molecule has 0 radical (unpaired) electrons. The highest BCUT2D eigenvalue weighted by Crippen LogP contribution is 2.46. The molecule has 2 rings (SSSR count). The number of nitro benzene ring substituents is 1. The number of rotatable bonds is 4. The van der Waals surface area contributed by atoms with Crippen molar-refractivity contribution >= 4 is 17.7 Å². The third kappa shape index (κ3) is 2.09. The van der Waals surface area contributed by atoms with Crippen molar-refractivity contribution in [2.45, 2.75) is 18.8 Å². The topological polar surface area (TPSA) is 96.2 Å². The maximum absolute atomic E-state index is 13.8. The molecular weight excluding hydrogens is 227 g/mol. The second-order valence-electron chi connectivity index (χ2n) is 3.93. The number of nitrogens with two attached hydrogens (primary N) is 1. The number of non-ortho nitro benzene ring substituents is 1. The van der Waals surface area contributed by atoms with Gasteiger partial charge in [-0.3, -0.25) is 20.5 Å². The van der Waals surface area contributed by atoms with Gasteiger partial charge in [0, 0.05) is 11.6 Å². The molecule has 1 aliphatic carbocycles. The standard InChI is InChI=1S/C10H11FN4O2/c11-8-3-7(15(16)17)4-9(14(13)5-12)10(8)6-1-2-6/h3-6,12H,1-2,13H2. The average molecular weight is 238 g/mol. The highest BCUT2D eigenvalue weighted by Gasteiger charge is 2.32. The van der Waals surface area contributed by atoms with Crippen molar-refractivity contribution in [1.82, 2.24) is 0 Å². The zero-order valence-electron chi connectivity index (χ0n) is 8.89. The van der Waals surface area contributed by atoms with Gasteiger partial charge in [0.2, 0.25) is 0 Å². The molecule has 0 aromatic heterocycles. The van der Waals surface area contributed by atoms with Crippen LogP contribution in [0, 0.1) is 21.3 Å². The van der Waals surface area contributed by atoms with Gasteiger partial charge in [-0.1, -0.05) is 0 Å². The molecule has 0 heterocycles. The predicted octanol–water partition coefficient (Wildman–Crippen LogP) is 1.90. The molecule has 1 aromatic carbocycles. The fourth-order valence-corrected chi connectivity index (χ4v) is 1.75. The van der Waals surface area contributed by atoms with Crippen LogP contribution in [-0.2, 0) is 0 Å². The molecule has 17 heavy (non-hydrogen) atoms. The van der Waals surface area contributed by atoms with E-state index in [0.717, 1.165) is 30.3 Å². The first-order valence-electron chi connectivity index (χ1n) is 5.07. The zero-order chi connectivity index (χ0) is 12.6. The molecular formula is C10H11FN4O2. The second kappa shape index (κ2) is 4.10. The van der Waals surface area contributed by atoms with Crippen LogP contribution >= 0.6 is 0 Å². The number of nitro groups is 1. The molecule has 0 atom stereocenters. The van der Waals surface area contributed by atoms with Crippen LogP contribution in [0.1, 0.15) is 24.3 Å². The van der Waals surface area contributed by atoms with E-state index in [1.54, 1.807) is 0 Å². The molecule has 0 unspecified atom stereocenters. The van der Waals surface area contributed by atoms with E-state index in [4.69, 9.17) is 11.3 Å². The molecule has 1 aromatic rings. The van der Waals surface area contributed by atoms with Gasteiger partial charge in [0.1, 0.15) is 12.2 Å². The Morgan fingerprint density at radius 2 is 2.24 bits per heavy atom. The number of nitrogens with one attached hydrogen (secondary N) is 1. The van der Waals surface area contributed by atoms with Gasteiger partial charge in [-0.2, -0.15) is 0 Å². The Morgan fingerprint density at radius 3 is 2.71 bits per heavy atom. The van der Waals surface area contributed by atoms with E-state index in [9.17, 15) is 14.5 Å². The molecule has 7 heteroatoms. The summed E-state index contributed by atoms with van der Waals surface area (Å²) in [6.45, 7) is 0. The van der Waals surface area contributed by atoms with E-state index in [1.165, 1.54) is 6.07 Å². The van der Waals surface area contributed by atoms with Crippen LogP contribution in [0.4, 0.5) is 15.8 Å². The molecule has 0 amide bonds. The lowest BCUT2D eigenvalue weighted by Gasteiger charge is -2.16. The number of hydrazine groups is 1. The van der Waals surface area contributed by atoms with E-state index in [2.05, 4.69) is 0 Å². The lowest BCUT2D eigenvalue weighted by Crippen LogP contribution is -2.29. The monoisotopic (exact) mass is 238 g/mol. The predicted molar refractivity (Wildman–Crippen MR) is 60.5 cm³/mol. The molecule has 1 fully saturated rings. The van der Waals surface area contributed by atoms with Crippen LogP contribution in [0.15, 0.2) is 12.1 Å².